The Labute approximate surface area is 115 Å². The Kier molecular flexibility index (Phi) is 5.53. The quantitative estimate of drug-likeness (QED) is 0.135. The van der Waals surface area contributed by atoms with Gasteiger partial charge in [-0.2, -0.15) is 0 Å². The summed E-state index contributed by atoms with van der Waals surface area (Å²) in [6.07, 6.45) is 0. The van der Waals surface area contributed by atoms with E-state index in [1.807, 2.05) is 22.6 Å². The molecule has 0 radical (unpaired) electrons. The molecule has 7 heteroatoms. The van der Waals surface area contributed by atoms with Gasteiger partial charge in [0.1, 0.15) is 0 Å². The minimum Gasteiger partial charge on any atom is -0.410 e. The number of hydrogen-bond acceptors (Lipinski definition) is 4. The minimum atomic E-state index is -0.956. The number of alkyl halides is 1. The minimum absolute atomic E-state index is 0. The van der Waals surface area contributed by atoms with Crippen LogP contribution in [0.2, 0.25) is 0 Å². The normalized spacial score (nSPS) is 11.3. The first-order valence-corrected chi connectivity index (χ1v) is 5.21. The number of anilines is 1. The monoisotopic (exact) mass is 533 g/mol. The van der Waals surface area contributed by atoms with E-state index in [0.29, 0.717) is 16.1 Å². The van der Waals surface area contributed by atoms with Gasteiger partial charge in [0.2, 0.25) is 0 Å². The van der Waals surface area contributed by atoms with E-state index in [4.69, 9.17) is 22.6 Å². The molecule has 1 aromatic heterocycles. The Balaban J connectivity index is 0.00000144. The van der Waals surface area contributed by atoms with Crippen LogP contribution in [0.15, 0.2) is 6.07 Å². The summed E-state index contributed by atoms with van der Waals surface area (Å²) in [4.78, 5) is 0. The molecule has 0 aliphatic heterocycles. The molecule has 0 amide bonds. The number of halogens is 1. The number of nitrogens with two attached hydrogens (primary N) is 3. The maximum Gasteiger partial charge on any atom is 0.0780 e. The van der Waals surface area contributed by atoms with Crippen LogP contribution in [0.25, 0.3) is 0 Å². The van der Waals surface area contributed by atoms with Crippen molar-refractivity contribution >= 4 is 36.2 Å². The molecule has 1 heterocycles. The fourth-order valence-electron chi connectivity index (χ4n) is 0.777. The van der Waals surface area contributed by atoms with Gasteiger partial charge in [0.05, 0.1) is 3.67 Å². The van der Waals surface area contributed by atoms with Crippen LogP contribution in [0.4, 0.5) is 5.42 Å². The van der Waals surface area contributed by atoms with Crippen LogP contribution in [0, 0.1) is 42.6 Å². The summed E-state index contributed by atoms with van der Waals surface area (Å²) in [6, 6.07) is 4.32. The van der Waals surface area contributed by atoms with Crippen LogP contribution in [0.3, 0.4) is 0 Å². The van der Waals surface area contributed by atoms with Gasteiger partial charge in [-0.25, -0.2) is 12.1 Å². The molecule has 0 bridgehead atoms. The van der Waals surface area contributed by atoms with Gasteiger partial charge in [-0.1, -0.05) is 22.6 Å². The molecule has 0 fully saturated rings. The molecule has 1 atom stereocenters. The SMILES string of the molecule is N=c1[c-]cc(C(N)(N)I)c(N)[pH]1.[U]. The molecule has 0 aromatic carbocycles. The predicted octanol–water partition coefficient (Wildman–Crippen LogP) is 0.0425. The fourth-order valence-corrected chi connectivity index (χ4v) is 2.31. The van der Waals surface area contributed by atoms with E-state index in [9.17, 15) is 0 Å². The standard InChI is InChI=1S/C6H9IN4P.U/c7-6(10,11)3-1-2-4(8)12-5(3)9;/h1,8,12H,9-11H2;/q-1;. The second-order valence-corrected chi connectivity index (χ2v) is 5.46. The number of nitrogens with one attached hydrogen (secondary N) is 1. The summed E-state index contributed by atoms with van der Waals surface area (Å²) >= 11 is 1.90. The first-order chi connectivity index (χ1) is 5.41. The van der Waals surface area contributed by atoms with Crippen molar-refractivity contribution in [1.82, 2.24) is 0 Å². The van der Waals surface area contributed by atoms with Gasteiger partial charge < -0.3 is 22.6 Å². The Morgan fingerprint density at radius 2 is 2.08 bits per heavy atom. The molecule has 1 rings (SSSR count). The molecule has 0 saturated heterocycles. The molecule has 13 heavy (non-hydrogen) atoms. The zero-order valence-corrected chi connectivity index (χ0v) is 14.0. The predicted molar refractivity (Wildman–Crippen MR) is 59.1 cm³/mol. The van der Waals surface area contributed by atoms with Crippen molar-refractivity contribution in [3.05, 3.63) is 22.8 Å². The largest absolute Gasteiger partial charge is 0.410 e. The van der Waals surface area contributed by atoms with Crippen molar-refractivity contribution in [3.63, 3.8) is 0 Å². The van der Waals surface area contributed by atoms with Crippen LogP contribution in [0.5, 0.6) is 0 Å². The second-order valence-electron chi connectivity index (χ2n) is 2.38. The van der Waals surface area contributed by atoms with E-state index >= 15 is 0 Å². The molecule has 0 spiro atoms. The summed E-state index contributed by atoms with van der Waals surface area (Å²) in [7, 11) is 0.137. The summed E-state index contributed by atoms with van der Waals surface area (Å²) in [6.45, 7) is 0. The van der Waals surface area contributed by atoms with Crippen molar-refractivity contribution in [2.75, 3.05) is 5.73 Å². The molecule has 1 unspecified atom stereocenters. The number of hydrogen-bond donors (Lipinski definition) is 4. The van der Waals surface area contributed by atoms with Crippen LogP contribution in [0.1, 0.15) is 5.56 Å². The summed E-state index contributed by atoms with van der Waals surface area (Å²) < 4.78 is -0.956. The Bertz CT molecular complexity index is 345. The van der Waals surface area contributed by atoms with Crippen molar-refractivity contribution in [3.8, 4) is 0 Å². The van der Waals surface area contributed by atoms with E-state index < -0.39 is 3.67 Å². The topological polar surface area (TPSA) is 102 Å². The average molecular weight is 533 g/mol. The second kappa shape index (κ2) is 5.15. The van der Waals surface area contributed by atoms with E-state index in [0.717, 1.165) is 0 Å². The van der Waals surface area contributed by atoms with E-state index in [-0.39, 0.29) is 39.3 Å². The summed E-state index contributed by atoms with van der Waals surface area (Å²) in [5, 5.41) is 7.67. The zero-order chi connectivity index (χ0) is 9.35. The molecule has 0 aliphatic carbocycles. The van der Waals surface area contributed by atoms with Crippen LogP contribution in [-0.2, 0) is 3.67 Å². The summed E-state index contributed by atoms with van der Waals surface area (Å²) in [5.74, 6) is 0. The van der Waals surface area contributed by atoms with E-state index in [2.05, 4.69) is 6.07 Å². The molecular formula is C6H9IN4PU-. The van der Waals surface area contributed by atoms with Gasteiger partial charge in [-0.3, -0.25) is 0 Å². The van der Waals surface area contributed by atoms with Gasteiger partial charge in [-0.05, 0) is 10.5 Å². The first kappa shape index (κ1) is 14.0. The fraction of sp³-hybridized carbons (Fsp3) is 0.167. The third kappa shape index (κ3) is 3.90. The van der Waals surface area contributed by atoms with E-state index in [1.54, 1.807) is 6.07 Å². The molecule has 0 saturated carbocycles. The Hall–Kier alpha value is 0.952. The van der Waals surface area contributed by atoms with Crippen molar-refractivity contribution in [1.29, 1.82) is 5.41 Å². The number of nitrogen functional groups attached to an aromatic ring is 1. The maximum absolute atomic E-state index is 7.29. The molecule has 4 nitrogen and oxygen atoms in total. The van der Waals surface area contributed by atoms with Gasteiger partial charge in [-0.15, -0.1) is 13.8 Å². The Morgan fingerprint density at radius 1 is 1.54 bits per heavy atom. The Morgan fingerprint density at radius 3 is 2.46 bits per heavy atom. The van der Waals surface area contributed by atoms with Crippen molar-refractivity contribution < 1.29 is 31.1 Å². The third-order valence-electron chi connectivity index (χ3n) is 1.32. The molecule has 7 N–H and O–H groups in total. The van der Waals surface area contributed by atoms with Crippen LogP contribution >= 0.6 is 30.8 Å². The third-order valence-corrected chi connectivity index (χ3v) is 2.84. The molecular weight excluding hydrogens is 524 g/mol. The first-order valence-electron chi connectivity index (χ1n) is 3.13. The molecule has 1 aromatic rings. The smallest absolute Gasteiger partial charge is 0.0780 e. The zero-order valence-electron chi connectivity index (χ0n) is 6.69. The molecule has 0 aliphatic rings. The maximum atomic E-state index is 7.29. The van der Waals surface area contributed by atoms with Gasteiger partial charge in [0, 0.05) is 31.1 Å². The van der Waals surface area contributed by atoms with Gasteiger partial charge >= 0.3 is 0 Å². The van der Waals surface area contributed by atoms with Crippen LogP contribution in [-0.4, -0.2) is 0 Å². The van der Waals surface area contributed by atoms with Gasteiger partial charge in [0.25, 0.3) is 0 Å². The van der Waals surface area contributed by atoms with Crippen molar-refractivity contribution in [2.24, 2.45) is 11.5 Å². The van der Waals surface area contributed by atoms with E-state index in [1.165, 1.54) is 0 Å². The summed E-state index contributed by atoms with van der Waals surface area (Å²) in [5.41, 5.74) is 18.2. The van der Waals surface area contributed by atoms with Gasteiger partial charge in [0.15, 0.2) is 0 Å². The number of rotatable bonds is 1. The van der Waals surface area contributed by atoms with Crippen LogP contribution < -0.4 is 22.3 Å². The average Bonchev–Trinajstić information content (AvgIpc) is 1.83. The molecule has 70 valence electrons. The van der Waals surface area contributed by atoms with Crippen molar-refractivity contribution in [2.45, 2.75) is 3.67 Å².